The number of ether oxygens (including phenoxy) is 1. The van der Waals surface area contributed by atoms with E-state index in [9.17, 15) is 9.59 Å². The van der Waals surface area contributed by atoms with Crippen LogP contribution in [0.25, 0.3) is 10.9 Å². The van der Waals surface area contributed by atoms with Gasteiger partial charge >= 0.3 is 6.03 Å². The van der Waals surface area contributed by atoms with Crippen molar-refractivity contribution in [3.63, 3.8) is 0 Å². The van der Waals surface area contributed by atoms with Crippen LogP contribution in [0.2, 0.25) is 0 Å². The Morgan fingerprint density at radius 2 is 1.85 bits per heavy atom. The highest BCUT2D eigenvalue weighted by Crippen LogP contribution is 2.26. The Kier molecular flexibility index (Phi) is 8.82. The summed E-state index contributed by atoms with van der Waals surface area (Å²) in [6.45, 7) is 9.58. The van der Waals surface area contributed by atoms with E-state index in [1.54, 1.807) is 17.7 Å². The van der Waals surface area contributed by atoms with E-state index in [0.29, 0.717) is 48.8 Å². The number of aromatic nitrogens is 2. The van der Waals surface area contributed by atoms with Gasteiger partial charge in [0.15, 0.2) is 0 Å². The van der Waals surface area contributed by atoms with Crippen molar-refractivity contribution in [3.05, 3.63) is 70.3 Å². The molecular formula is C27H36N4O3. The molecule has 1 aromatic heterocycles. The molecule has 1 unspecified atom stereocenters. The number of nitrogens with zero attached hydrogens (tertiary/aromatic N) is 3. The number of carbonyl (C=O) groups is 1. The van der Waals surface area contributed by atoms with Crippen molar-refractivity contribution in [3.8, 4) is 0 Å². The molecule has 1 atom stereocenters. The van der Waals surface area contributed by atoms with Gasteiger partial charge in [0.1, 0.15) is 5.82 Å². The molecule has 7 nitrogen and oxygen atoms in total. The normalized spacial score (nSPS) is 12.2. The number of fused-ring (bicyclic) bond motifs is 1. The predicted octanol–water partition coefficient (Wildman–Crippen LogP) is 5.38. The van der Waals surface area contributed by atoms with Gasteiger partial charge in [-0.3, -0.25) is 9.36 Å². The number of aryl methyl sites for hydroxylation is 1. The van der Waals surface area contributed by atoms with Gasteiger partial charge in [-0.05, 0) is 49.4 Å². The second-order valence-electron chi connectivity index (χ2n) is 8.98. The molecule has 1 N–H and O–H groups in total. The number of nitrogens with one attached hydrogen (secondary N) is 1. The number of urea groups is 1. The minimum absolute atomic E-state index is 0.112. The van der Waals surface area contributed by atoms with Crippen LogP contribution < -0.4 is 10.9 Å². The molecule has 182 valence electrons. The third-order valence-corrected chi connectivity index (χ3v) is 6.07. The summed E-state index contributed by atoms with van der Waals surface area (Å²) in [5.41, 5.74) is 2.30. The van der Waals surface area contributed by atoms with Crippen LogP contribution in [0.3, 0.4) is 0 Å². The van der Waals surface area contributed by atoms with E-state index < -0.39 is 0 Å². The van der Waals surface area contributed by atoms with E-state index in [1.807, 2.05) is 61.2 Å². The molecule has 0 spiro atoms. The first-order valence-corrected chi connectivity index (χ1v) is 12.0. The fourth-order valence-electron chi connectivity index (χ4n) is 4.08. The second-order valence-corrected chi connectivity index (χ2v) is 8.98. The lowest BCUT2D eigenvalue weighted by atomic mass is 10.1. The fraction of sp³-hybridized carbons (Fsp3) is 0.444. The third-order valence-electron chi connectivity index (χ3n) is 6.07. The molecule has 0 saturated carbocycles. The van der Waals surface area contributed by atoms with E-state index in [1.165, 1.54) is 0 Å². The molecule has 3 rings (SSSR count). The van der Waals surface area contributed by atoms with Gasteiger partial charge in [0.05, 0.1) is 30.1 Å². The summed E-state index contributed by atoms with van der Waals surface area (Å²) in [5, 5.41) is 3.65. The van der Waals surface area contributed by atoms with E-state index >= 15 is 0 Å². The van der Waals surface area contributed by atoms with Crippen molar-refractivity contribution in [1.29, 1.82) is 0 Å². The minimum atomic E-state index is -0.364. The number of carbonyl (C=O) groups excluding carboxylic acids is 1. The molecule has 0 bridgehead atoms. The molecular weight excluding hydrogens is 428 g/mol. The highest BCUT2D eigenvalue weighted by atomic mass is 16.5. The zero-order valence-electron chi connectivity index (χ0n) is 20.9. The van der Waals surface area contributed by atoms with Crippen LogP contribution in [0.1, 0.15) is 51.0 Å². The quantitative estimate of drug-likeness (QED) is 0.437. The Morgan fingerprint density at radius 1 is 1.15 bits per heavy atom. The Bertz CT molecular complexity index is 1170. The molecule has 0 aliphatic carbocycles. The Hall–Kier alpha value is -3.19. The fourth-order valence-corrected chi connectivity index (χ4v) is 4.08. The number of benzene rings is 2. The monoisotopic (exact) mass is 464 g/mol. The number of amides is 2. The predicted molar refractivity (Wildman–Crippen MR) is 137 cm³/mol. The number of rotatable bonds is 10. The van der Waals surface area contributed by atoms with Crippen LogP contribution in [0.5, 0.6) is 0 Å². The summed E-state index contributed by atoms with van der Waals surface area (Å²) in [6.07, 6.45) is 1.46. The number of para-hydroxylation sites is 2. The smallest absolute Gasteiger partial charge is 0.322 e. The minimum Gasteiger partial charge on any atom is -0.383 e. The van der Waals surface area contributed by atoms with Crippen molar-refractivity contribution in [2.75, 3.05) is 25.6 Å². The molecule has 0 fully saturated rings. The average molecular weight is 465 g/mol. The summed E-state index contributed by atoms with van der Waals surface area (Å²) in [7, 11) is 1.61. The van der Waals surface area contributed by atoms with Crippen molar-refractivity contribution < 1.29 is 9.53 Å². The summed E-state index contributed by atoms with van der Waals surface area (Å²) >= 11 is 0. The second kappa shape index (κ2) is 11.8. The molecule has 0 aliphatic rings. The van der Waals surface area contributed by atoms with Crippen LogP contribution >= 0.6 is 0 Å². The summed E-state index contributed by atoms with van der Waals surface area (Å²) in [6, 6.07) is 14.5. The molecule has 1 heterocycles. The van der Waals surface area contributed by atoms with E-state index in [-0.39, 0.29) is 17.6 Å². The standard InChI is InChI=1S/C27H36N4O3/c1-6-24(25-28-23-14-10-8-12-21(23)26(32)31(25)17-18-34-5)30(16-15-19(2)3)27(33)29-22-13-9-7-11-20(22)4/h7-14,19,24H,6,15-18H2,1-5H3,(H,29,33). The van der Waals surface area contributed by atoms with Gasteiger partial charge in [-0.2, -0.15) is 0 Å². The molecule has 3 aromatic rings. The van der Waals surface area contributed by atoms with Gasteiger partial charge in [-0.1, -0.05) is 51.1 Å². The first-order chi connectivity index (χ1) is 16.4. The first-order valence-electron chi connectivity index (χ1n) is 12.0. The SMILES string of the molecule is CCC(c1nc2ccccc2c(=O)n1CCOC)N(CCC(C)C)C(=O)Nc1ccccc1C. The van der Waals surface area contributed by atoms with Crippen molar-refractivity contribution in [2.45, 2.75) is 53.1 Å². The highest BCUT2D eigenvalue weighted by Gasteiger charge is 2.29. The first kappa shape index (κ1) is 25.4. The summed E-state index contributed by atoms with van der Waals surface area (Å²) < 4.78 is 6.95. The van der Waals surface area contributed by atoms with Gasteiger partial charge in [0.2, 0.25) is 0 Å². The summed E-state index contributed by atoms with van der Waals surface area (Å²) in [4.78, 5) is 33.7. The van der Waals surface area contributed by atoms with Crippen molar-refractivity contribution >= 4 is 22.6 Å². The van der Waals surface area contributed by atoms with Crippen LogP contribution in [0.4, 0.5) is 10.5 Å². The molecule has 2 aromatic carbocycles. The zero-order chi connectivity index (χ0) is 24.7. The lowest BCUT2D eigenvalue weighted by molar-refractivity contribution is 0.166. The molecule has 0 radical (unpaired) electrons. The molecule has 0 aliphatic heterocycles. The molecule has 0 saturated heterocycles. The maximum absolute atomic E-state index is 13.6. The topological polar surface area (TPSA) is 76.5 Å². The van der Waals surface area contributed by atoms with Crippen LogP contribution in [-0.4, -0.2) is 40.7 Å². The maximum Gasteiger partial charge on any atom is 0.322 e. The number of hydrogen-bond donors (Lipinski definition) is 1. The van der Waals surface area contributed by atoms with Gasteiger partial charge in [-0.15, -0.1) is 0 Å². The number of methoxy groups -OCH3 is 1. The zero-order valence-corrected chi connectivity index (χ0v) is 20.9. The molecule has 2 amide bonds. The van der Waals surface area contributed by atoms with Crippen LogP contribution in [0, 0.1) is 12.8 Å². The van der Waals surface area contributed by atoms with Crippen molar-refractivity contribution in [2.24, 2.45) is 5.92 Å². The van der Waals surface area contributed by atoms with Gasteiger partial charge in [-0.25, -0.2) is 9.78 Å². The lowest BCUT2D eigenvalue weighted by Gasteiger charge is -2.33. The molecule has 34 heavy (non-hydrogen) atoms. The van der Waals surface area contributed by atoms with Crippen LogP contribution in [0.15, 0.2) is 53.3 Å². The molecule has 7 heteroatoms. The largest absolute Gasteiger partial charge is 0.383 e. The van der Waals surface area contributed by atoms with Gasteiger partial charge in [0.25, 0.3) is 5.56 Å². The van der Waals surface area contributed by atoms with E-state index in [0.717, 1.165) is 17.7 Å². The third kappa shape index (κ3) is 5.83. The van der Waals surface area contributed by atoms with Gasteiger partial charge in [0, 0.05) is 19.3 Å². The summed E-state index contributed by atoms with van der Waals surface area (Å²) in [5.74, 6) is 1.01. The highest BCUT2D eigenvalue weighted by molar-refractivity contribution is 5.90. The number of anilines is 1. The van der Waals surface area contributed by atoms with E-state index in [2.05, 4.69) is 19.2 Å². The Balaban J connectivity index is 2.09. The number of hydrogen-bond acceptors (Lipinski definition) is 4. The average Bonchev–Trinajstić information content (AvgIpc) is 2.82. The van der Waals surface area contributed by atoms with E-state index in [4.69, 9.17) is 9.72 Å². The van der Waals surface area contributed by atoms with Crippen molar-refractivity contribution in [1.82, 2.24) is 14.5 Å². The maximum atomic E-state index is 13.6. The lowest BCUT2D eigenvalue weighted by Crippen LogP contribution is -2.42. The Morgan fingerprint density at radius 3 is 2.53 bits per heavy atom. The van der Waals surface area contributed by atoms with Crippen LogP contribution in [-0.2, 0) is 11.3 Å². The Labute approximate surface area is 201 Å². The van der Waals surface area contributed by atoms with Gasteiger partial charge < -0.3 is 15.0 Å².